The van der Waals surface area contributed by atoms with E-state index < -0.39 is 16.7 Å². The molecule has 0 spiro atoms. The van der Waals surface area contributed by atoms with Gasteiger partial charge in [0.1, 0.15) is 22.5 Å². The van der Waals surface area contributed by atoms with Crippen LogP contribution in [0.2, 0.25) is 5.02 Å². The lowest BCUT2D eigenvalue weighted by molar-refractivity contribution is 0.200. The molecule has 0 aliphatic heterocycles. The van der Waals surface area contributed by atoms with Crippen LogP contribution < -0.4 is 0 Å². The third kappa shape index (κ3) is 3.40. The lowest BCUT2D eigenvalue weighted by Gasteiger charge is -2.41. The molecule has 0 saturated heterocycles. The summed E-state index contributed by atoms with van der Waals surface area (Å²) in [6.45, 7) is 2.24. The van der Waals surface area contributed by atoms with Gasteiger partial charge in [-0.2, -0.15) is 0 Å². The Kier molecular flexibility index (Phi) is 5.24. The minimum absolute atomic E-state index is 0.198. The van der Waals surface area contributed by atoms with Gasteiger partial charge in [-0.3, -0.25) is 0 Å². The summed E-state index contributed by atoms with van der Waals surface area (Å²) in [5, 5.41) is -0.552. The monoisotopic (exact) mass is 392 g/mol. The third-order valence-corrected chi connectivity index (χ3v) is 6.89. The Hall–Kier alpha value is -1.48. The minimum atomic E-state index is -0.863. The molecule has 2 aliphatic carbocycles. The van der Waals surface area contributed by atoms with Gasteiger partial charge in [0.2, 0.25) is 0 Å². The van der Waals surface area contributed by atoms with Crippen LogP contribution in [0.1, 0.15) is 62.5 Å². The molecule has 0 N–H and O–H groups in total. The molecule has 0 radical (unpaired) electrons. The number of rotatable bonds is 3. The molecule has 0 unspecified atom stereocenters. The van der Waals surface area contributed by atoms with Gasteiger partial charge < -0.3 is 0 Å². The van der Waals surface area contributed by atoms with E-state index in [-0.39, 0.29) is 16.9 Å². The first-order valence-corrected chi connectivity index (χ1v) is 10.3. The first-order valence-electron chi connectivity index (χ1n) is 9.95. The lowest BCUT2D eigenvalue weighted by Crippen LogP contribution is -2.28. The summed E-state index contributed by atoms with van der Waals surface area (Å²) in [5.74, 6) is -0.191. The van der Waals surface area contributed by atoms with Gasteiger partial charge >= 0.3 is 0 Å². The van der Waals surface area contributed by atoms with Crippen molar-refractivity contribution in [2.45, 2.75) is 57.8 Å². The molecular weight excluding hydrogens is 369 g/mol. The highest BCUT2D eigenvalue weighted by molar-refractivity contribution is 6.31. The first-order chi connectivity index (χ1) is 13.0. The second kappa shape index (κ2) is 7.50. The molecule has 0 heterocycles. The summed E-state index contributed by atoms with van der Waals surface area (Å²) >= 11 is 5.56. The highest BCUT2D eigenvalue weighted by Gasteiger charge is 2.36. The van der Waals surface area contributed by atoms with Crippen LogP contribution in [0.15, 0.2) is 24.3 Å². The molecule has 2 aromatic rings. The molecule has 1 saturated carbocycles. The second-order valence-corrected chi connectivity index (χ2v) is 8.50. The fourth-order valence-corrected chi connectivity index (χ4v) is 5.37. The summed E-state index contributed by atoms with van der Waals surface area (Å²) in [7, 11) is 0. The van der Waals surface area contributed by atoms with Crippen molar-refractivity contribution in [1.82, 2.24) is 0 Å². The summed E-state index contributed by atoms with van der Waals surface area (Å²) in [5.41, 5.74) is 2.29. The van der Waals surface area contributed by atoms with E-state index >= 15 is 4.39 Å². The van der Waals surface area contributed by atoms with Gasteiger partial charge in [-0.15, -0.1) is 0 Å². The molecule has 2 aliphatic rings. The van der Waals surface area contributed by atoms with Crippen molar-refractivity contribution in [2.75, 3.05) is 0 Å². The van der Waals surface area contributed by atoms with Gasteiger partial charge in [0.25, 0.3) is 0 Å². The van der Waals surface area contributed by atoms with Crippen molar-refractivity contribution in [3.8, 4) is 11.1 Å². The summed E-state index contributed by atoms with van der Waals surface area (Å²) in [6, 6.07) is 5.88. The second-order valence-electron chi connectivity index (χ2n) is 8.12. The Bertz CT molecular complexity index is 838. The van der Waals surface area contributed by atoms with E-state index in [1.54, 1.807) is 6.07 Å². The van der Waals surface area contributed by atoms with Crippen molar-refractivity contribution in [3.63, 3.8) is 0 Å². The highest BCUT2D eigenvalue weighted by atomic mass is 35.5. The number of hydrogen-bond donors (Lipinski definition) is 0. The molecule has 4 heteroatoms. The largest absolute Gasteiger partial charge is 0.206 e. The number of halogens is 4. The fraction of sp³-hybridized carbons (Fsp3) is 0.478. The Balaban J connectivity index is 1.68. The fourth-order valence-electron chi connectivity index (χ4n) is 5.26. The van der Waals surface area contributed by atoms with E-state index in [1.165, 1.54) is 25.7 Å². The van der Waals surface area contributed by atoms with Gasteiger partial charge in [0.15, 0.2) is 0 Å². The Labute approximate surface area is 163 Å². The molecule has 144 valence electrons. The van der Waals surface area contributed by atoms with Crippen molar-refractivity contribution in [2.24, 2.45) is 11.8 Å². The van der Waals surface area contributed by atoms with Crippen molar-refractivity contribution in [1.29, 1.82) is 0 Å². The Morgan fingerprint density at radius 3 is 2.48 bits per heavy atom. The van der Waals surface area contributed by atoms with E-state index in [1.807, 2.05) is 6.07 Å². The normalized spacial score (nSPS) is 24.4. The molecule has 0 bridgehead atoms. The smallest absolute Gasteiger partial charge is 0.145 e. The topological polar surface area (TPSA) is 0 Å². The van der Waals surface area contributed by atoms with Crippen LogP contribution in [0.25, 0.3) is 11.1 Å². The maximum Gasteiger partial charge on any atom is 0.145 e. The number of hydrogen-bond acceptors (Lipinski definition) is 0. The molecule has 27 heavy (non-hydrogen) atoms. The van der Waals surface area contributed by atoms with Crippen LogP contribution in [0.3, 0.4) is 0 Å². The lowest BCUT2D eigenvalue weighted by atomic mass is 9.64. The van der Waals surface area contributed by atoms with Crippen LogP contribution in [0, 0.1) is 29.3 Å². The molecular formula is C23H24ClF3. The summed E-state index contributed by atoms with van der Waals surface area (Å²) in [4.78, 5) is 0. The molecule has 0 amide bonds. The highest BCUT2D eigenvalue weighted by Crippen LogP contribution is 2.49. The molecule has 1 fully saturated rings. The molecule has 2 aromatic carbocycles. The molecule has 0 aromatic heterocycles. The van der Waals surface area contributed by atoms with Crippen LogP contribution >= 0.6 is 11.6 Å². The molecule has 4 rings (SSSR count). The van der Waals surface area contributed by atoms with Gasteiger partial charge in [-0.1, -0.05) is 43.5 Å². The average Bonchev–Trinajstić information content (AvgIpc) is 2.66. The minimum Gasteiger partial charge on any atom is -0.206 e. The van der Waals surface area contributed by atoms with Crippen LogP contribution in [-0.2, 0) is 6.42 Å². The Morgan fingerprint density at radius 1 is 1.04 bits per heavy atom. The van der Waals surface area contributed by atoms with E-state index in [4.69, 9.17) is 11.6 Å². The molecule has 0 nitrogen and oxygen atoms in total. The number of benzene rings is 2. The predicted molar refractivity (Wildman–Crippen MR) is 104 cm³/mol. The van der Waals surface area contributed by atoms with Gasteiger partial charge in [-0.05, 0) is 78.7 Å². The maximum atomic E-state index is 15.3. The zero-order valence-corrected chi connectivity index (χ0v) is 16.3. The zero-order chi connectivity index (χ0) is 19.1. The SMILES string of the molecule is CCC[C@@H]1CC[C@@H]2c3ccc(-c4cc(F)c(Cl)c(F)c4)c(F)c3CC[C@@H]2C1. The molecule has 3 atom stereocenters. The van der Waals surface area contributed by atoms with Crippen LogP contribution in [0.4, 0.5) is 13.2 Å². The van der Waals surface area contributed by atoms with Crippen molar-refractivity contribution in [3.05, 3.63) is 57.9 Å². The zero-order valence-electron chi connectivity index (χ0n) is 15.5. The average molecular weight is 393 g/mol. The van der Waals surface area contributed by atoms with Crippen molar-refractivity contribution < 1.29 is 13.2 Å². The summed E-state index contributed by atoms with van der Waals surface area (Å²) < 4.78 is 42.9. The Morgan fingerprint density at radius 2 is 1.78 bits per heavy atom. The standard InChI is InChI=1S/C23H24ClF3/c1-2-3-13-4-6-16-14(10-13)5-7-19-18(16)9-8-17(23(19)27)15-11-20(25)22(24)21(26)12-15/h8-9,11-14,16H,2-7,10H2,1H3/t13-,14-,16+/m1/s1. The third-order valence-electron chi connectivity index (χ3n) is 6.53. The van der Waals surface area contributed by atoms with Gasteiger partial charge in [0, 0.05) is 5.56 Å². The number of fused-ring (bicyclic) bond motifs is 3. The van der Waals surface area contributed by atoms with Crippen LogP contribution in [-0.4, -0.2) is 0 Å². The van der Waals surface area contributed by atoms with E-state index in [0.29, 0.717) is 18.3 Å². The maximum absolute atomic E-state index is 15.3. The van der Waals surface area contributed by atoms with E-state index in [9.17, 15) is 8.78 Å². The van der Waals surface area contributed by atoms with Gasteiger partial charge in [0.05, 0.1) is 0 Å². The predicted octanol–water partition coefficient (Wildman–Crippen LogP) is 7.67. The van der Waals surface area contributed by atoms with E-state index in [0.717, 1.165) is 42.0 Å². The van der Waals surface area contributed by atoms with Crippen LogP contribution in [0.5, 0.6) is 0 Å². The first kappa shape index (κ1) is 18.9. The quantitative estimate of drug-likeness (QED) is 0.470. The van der Waals surface area contributed by atoms with E-state index in [2.05, 4.69) is 6.92 Å². The van der Waals surface area contributed by atoms with Gasteiger partial charge in [-0.25, -0.2) is 13.2 Å². The summed E-state index contributed by atoms with van der Waals surface area (Å²) in [6.07, 6.45) is 7.79. The van der Waals surface area contributed by atoms with Crippen molar-refractivity contribution >= 4 is 11.6 Å².